The van der Waals surface area contributed by atoms with Crippen molar-refractivity contribution in [3.05, 3.63) is 0 Å². The smallest absolute Gasteiger partial charge is 0.387 e. The highest BCUT2D eigenvalue weighted by Gasteiger charge is 2.50. The van der Waals surface area contributed by atoms with Crippen molar-refractivity contribution in [1.82, 2.24) is 0 Å². The van der Waals surface area contributed by atoms with Crippen LogP contribution in [0.5, 0.6) is 0 Å². The summed E-state index contributed by atoms with van der Waals surface area (Å²) < 4.78 is 33.0. The zero-order chi connectivity index (χ0) is 12.7. The molecule has 1 rings (SSSR count). The lowest BCUT2D eigenvalue weighted by molar-refractivity contribution is -0.217. The van der Waals surface area contributed by atoms with Crippen LogP contribution in [-0.2, 0) is 14.6 Å². The van der Waals surface area contributed by atoms with Crippen molar-refractivity contribution in [2.75, 3.05) is 0 Å². The van der Waals surface area contributed by atoms with Crippen molar-refractivity contribution in [3.63, 3.8) is 0 Å². The van der Waals surface area contributed by atoms with Gasteiger partial charge in [0.2, 0.25) is 0 Å². The molecule has 0 heterocycles. The molecule has 1 saturated carbocycles. The van der Waals surface area contributed by atoms with E-state index in [1.54, 1.807) is 0 Å². The second-order valence-corrected chi connectivity index (χ2v) is 4.49. The second-order valence-electron chi connectivity index (χ2n) is 3.44. The Kier molecular flexibility index (Phi) is 3.87. The van der Waals surface area contributed by atoms with Gasteiger partial charge in [-0.1, -0.05) is 0 Å². The fraction of sp³-hybridized carbons (Fsp3) is 1.00. The largest absolute Gasteiger partial charge is 0.397 e. The number of aliphatic hydroxyl groups is 5. The minimum atomic E-state index is -4.98. The Hall–Kier alpha value is -0.330. The summed E-state index contributed by atoms with van der Waals surface area (Å²) in [6.07, 6.45) is -11.6. The van der Waals surface area contributed by atoms with Crippen molar-refractivity contribution >= 4 is 10.4 Å². The lowest BCUT2D eigenvalue weighted by Gasteiger charge is -2.40. The normalized spacial score (nSPS) is 45.6. The lowest BCUT2D eigenvalue weighted by atomic mass is 9.85. The van der Waals surface area contributed by atoms with Gasteiger partial charge in [0, 0.05) is 0 Å². The van der Waals surface area contributed by atoms with Crippen LogP contribution in [0.3, 0.4) is 0 Å². The van der Waals surface area contributed by atoms with Gasteiger partial charge in [-0.05, 0) is 0 Å². The molecule has 0 saturated heterocycles. The van der Waals surface area contributed by atoms with Crippen molar-refractivity contribution < 1.29 is 42.7 Å². The molecule has 0 aromatic carbocycles. The standard InChI is InChI=1S/C6H12O9S/c7-1-2(8)4(10)6(5(11)3(1)9)15-16(12,13)14/h1-11H,(H,12,13,14)/t1-,2-,3-,4+,5+,6+/m1/s1. The van der Waals surface area contributed by atoms with Crippen LogP contribution < -0.4 is 0 Å². The number of hydrogen-bond donors (Lipinski definition) is 6. The fourth-order valence-corrected chi connectivity index (χ4v) is 1.96. The average molecular weight is 260 g/mol. The molecule has 1 aliphatic carbocycles. The lowest BCUT2D eigenvalue weighted by Crippen LogP contribution is -2.64. The first kappa shape index (κ1) is 13.7. The molecule has 9 nitrogen and oxygen atoms in total. The molecule has 1 fully saturated rings. The Bertz CT molecular complexity index is 324. The first-order valence-electron chi connectivity index (χ1n) is 4.21. The molecule has 0 unspecified atom stereocenters. The molecule has 16 heavy (non-hydrogen) atoms. The van der Waals surface area contributed by atoms with Crippen molar-refractivity contribution in [1.29, 1.82) is 0 Å². The molecule has 4 atom stereocenters. The van der Waals surface area contributed by atoms with Crippen LogP contribution in [0.2, 0.25) is 0 Å². The van der Waals surface area contributed by atoms with E-state index in [4.69, 9.17) is 9.66 Å². The van der Waals surface area contributed by atoms with Crippen molar-refractivity contribution in [3.8, 4) is 0 Å². The Morgan fingerprint density at radius 2 is 1.06 bits per heavy atom. The average Bonchev–Trinajstić information content (AvgIpc) is 2.17. The minimum absolute atomic E-state index is 1.86. The van der Waals surface area contributed by atoms with Gasteiger partial charge < -0.3 is 25.5 Å². The Balaban J connectivity index is 2.91. The van der Waals surface area contributed by atoms with Gasteiger partial charge in [-0.25, -0.2) is 4.18 Å². The second kappa shape index (κ2) is 4.50. The summed E-state index contributed by atoms with van der Waals surface area (Å²) in [6, 6.07) is 0. The molecule has 10 heteroatoms. The first-order valence-corrected chi connectivity index (χ1v) is 5.57. The van der Waals surface area contributed by atoms with Gasteiger partial charge in [-0.2, -0.15) is 8.42 Å². The van der Waals surface area contributed by atoms with Gasteiger partial charge >= 0.3 is 10.4 Å². The van der Waals surface area contributed by atoms with Crippen molar-refractivity contribution in [2.45, 2.75) is 36.6 Å². The van der Waals surface area contributed by atoms with Gasteiger partial charge in [-0.15, -0.1) is 0 Å². The molecular formula is C6H12O9S. The maximum absolute atomic E-state index is 10.4. The van der Waals surface area contributed by atoms with Crippen LogP contribution in [-0.4, -0.2) is 75.1 Å². The van der Waals surface area contributed by atoms with E-state index in [0.29, 0.717) is 0 Å². The zero-order valence-electron chi connectivity index (χ0n) is 7.78. The van der Waals surface area contributed by atoms with E-state index >= 15 is 0 Å². The fourth-order valence-electron chi connectivity index (χ4n) is 1.45. The van der Waals surface area contributed by atoms with Crippen LogP contribution in [0.1, 0.15) is 0 Å². The van der Waals surface area contributed by atoms with Crippen LogP contribution in [0.4, 0.5) is 0 Å². The first-order chi connectivity index (χ1) is 7.15. The monoisotopic (exact) mass is 260 g/mol. The zero-order valence-corrected chi connectivity index (χ0v) is 8.60. The topological polar surface area (TPSA) is 165 Å². The molecule has 96 valence electrons. The Morgan fingerprint density at radius 3 is 1.38 bits per heavy atom. The molecule has 0 bridgehead atoms. The van der Waals surface area contributed by atoms with E-state index in [0.717, 1.165) is 0 Å². The molecule has 6 N–H and O–H groups in total. The molecule has 0 aromatic heterocycles. The van der Waals surface area contributed by atoms with Crippen LogP contribution in [0, 0.1) is 0 Å². The number of rotatable bonds is 2. The van der Waals surface area contributed by atoms with Gasteiger partial charge in [0.05, 0.1) is 0 Å². The van der Waals surface area contributed by atoms with Crippen LogP contribution >= 0.6 is 0 Å². The summed E-state index contributed by atoms with van der Waals surface area (Å²) in [6.45, 7) is 0. The highest BCUT2D eigenvalue weighted by Crippen LogP contribution is 2.24. The third kappa shape index (κ3) is 2.67. The molecule has 0 spiro atoms. The predicted octanol–water partition coefficient (Wildman–Crippen LogP) is -4.01. The van der Waals surface area contributed by atoms with E-state index in [2.05, 4.69) is 4.18 Å². The minimum Gasteiger partial charge on any atom is -0.387 e. The molecule has 0 radical (unpaired) electrons. The predicted molar refractivity (Wildman–Crippen MR) is 46.5 cm³/mol. The maximum Gasteiger partial charge on any atom is 0.397 e. The molecule has 0 amide bonds. The molecule has 1 aliphatic rings. The molecular weight excluding hydrogens is 248 g/mol. The number of aliphatic hydroxyl groups excluding tert-OH is 5. The summed E-state index contributed by atoms with van der Waals surface area (Å²) in [4.78, 5) is 0. The highest BCUT2D eigenvalue weighted by atomic mass is 32.3. The maximum atomic E-state index is 10.4. The van der Waals surface area contributed by atoms with Gasteiger partial charge in [0.15, 0.2) is 0 Å². The van der Waals surface area contributed by atoms with Gasteiger partial charge in [-0.3, -0.25) is 4.55 Å². The Morgan fingerprint density at radius 1 is 0.750 bits per heavy atom. The van der Waals surface area contributed by atoms with Gasteiger partial charge in [0.1, 0.15) is 36.6 Å². The summed E-state index contributed by atoms with van der Waals surface area (Å²) in [5.74, 6) is 0. The van der Waals surface area contributed by atoms with Crippen molar-refractivity contribution in [2.24, 2.45) is 0 Å². The summed E-state index contributed by atoms with van der Waals surface area (Å²) in [5, 5.41) is 46.0. The summed E-state index contributed by atoms with van der Waals surface area (Å²) >= 11 is 0. The van der Waals surface area contributed by atoms with E-state index in [9.17, 15) is 28.8 Å². The van der Waals surface area contributed by atoms with E-state index in [1.165, 1.54) is 0 Å². The van der Waals surface area contributed by atoms with E-state index < -0.39 is 47.0 Å². The Labute approximate surface area is 90.5 Å². The quantitative estimate of drug-likeness (QED) is 0.271. The molecule has 0 aromatic rings. The van der Waals surface area contributed by atoms with Gasteiger partial charge in [0.25, 0.3) is 0 Å². The third-order valence-electron chi connectivity index (χ3n) is 2.31. The third-order valence-corrected chi connectivity index (χ3v) is 2.77. The summed E-state index contributed by atoms with van der Waals surface area (Å²) in [5.41, 5.74) is 0. The highest BCUT2D eigenvalue weighted by molar-refractivity contribution is 7.80. The summed E-state index contributed by atoms with van der Waals surface area (Å²) in [7, 11) is -4.98. The van der Waals surface area contributed by atoms with Crippen LogP contribution in [0.25, 0.3) is 0 Å². The van der Waals surface area contributed by atoms with E-state index in [1.807, 2.05) is 0 Å². The number of hydrogen-bond acceptors (Lipinski definition) is 8. The van der Waals surface area contributed by atoms with E-state index in [-0.39, 0.29) is 0 Å². The SMILES string of the molecule is O=S(=O)(O)O[C@H]1[C@@H](O)[C@H](O)[C@@H](O)[C@@H](O)[C@@H]1O. The molecule has 0 aliphatic heterocycles. The van der Waals surface area contributed by atoms with Crippen LogP contribution in [0.15, 0.2) is 0 Å².